The lowest BCUT2D eigenvalue weighted by Crippen LogP contribution is -2.29. The molecule has 2 aromatic carbocycles. The first kappa shape index (κ1) is 17.7. The van der Waals surface area contributed by atoms with E-state index in [-0.39, 0.29) is 0 Å². The van der Waals surface area contributed by atoms with Gasteiger partial charge in [-0.2, -0.15) is 0 Å². The largest absolute Gasteiger partial charge is 0.508 e. The number of aromatic hydroxyl groups is 1. The number of aromatic amines is 2. The van der Waals surface area contributed by atoms with Crippen molar-refractivity contribution < 1.29 is 5.11 Å². The van der Waals surface area contributed by atoms with Gasteiger partial charge in [0, 0.05) is 13.1 Å². The zero-order valence-corrected chi connectivity index (χ0v) is 15.4. The van der Waals surface area contributed by atoms with Gasteiger partial charge >= 0.3 is 0 Å². The molecule has 1 heterocycles. The molecule has 0 unspecified atom stereocenters. The van der Waals surface area contributed by atoms with Crippen LogP contribution in [0.5, 0.6) is 5.75 Å². The van der Waals surface area contributed by atoms with Crippen molar-refractivity contribution in [1.29, 1.82) is 0 Å². The summed E-state index contributed by atoms with van der Waals surface area (Å²) in [5.41, 5.74) is 4.73. The Balaban J connectivity index is 1.58. The van der Waals surface area contributed by atoms with E-state index < -0.39 is 0 Å². The number of phenols is 1. The molecule has 3 N–H and O–H groups in total. The zero-order valence-electron chi connectivity index (χ0n) is 14.6. The van der Waals surface area contributed by atoms with E-state index in [1.807, 2.05) is 12.1 Å². The summed E-state index contributed by atoms with van der Waals surface area (Å²) in [7, 11) is 0. The van der Waals surface area contributed by atoms with Crippen LogP contribution in [0.4, 0.5) is 0 Å². The molecule has 0 aliphatic heterocycles. The molecule has 5 heteroatoms. The molecule has 0 atom stereocenters. The number of H-pyrrole nitrogens is 2. The van der Waals surface area contributed by atoms with Crippen LogP contribution in [0.25, 0.3) is 11.0 Å². The summed E-state index contributed by atoms with van der Waals surface area (Å²) in [6, 6.07) is 14.0. The Bertz CT molecular complexity index is 867. The first-order valence-electron chi connectivity index (χ1n) is 8.85. The Morgan fingerprint density at radius 3 is 2.24 bits per heavy atom. The zero-order chi connectivity index (χ0) is 17.6. The second-order valence-electron chi connectivity index (χ2n) is 6.47. The standard InChI is InChI=1S/C20H25N3OS/c1-2-11-23(12-9-15-3-6-17(24)7-4-15)13-10-16-5-8-18-19(14-16)22-20(25)21-18/h3-8,14,24H,2,9-13H2,1H3,(H2,21,22,25). The molecule has 4 nitrogen and oxygen atoms in total. The fraction of sp³-hybridized carbons (Fsp3) is 0.350. The highest BCUT2D eigenvalue weighted by atomic mass is 32.1. The predicted molar refractivity (Wildman–Crippen MR) is 106 cm³/mol. The highest BCUT2D eigenvalue weighted by molar-refractivity contribution is 7.71. The Labute approximate surface area is 153 Å². The fourth-order valence-corrected chi connectivity index (χ4v) is 3.34. The molecule has 0 saturated heterocycles. The van der Waals surface area contributed by atoms with Crippen LogP contribution in [-0.2, 0) is 12.8 Å². The first-order valence-corrected chi connectivity index (χ1v) is 9.26. The van der Waals surface area contributed by atoms with Crippen LogP contribution in [-0.4, -0.2) is 39.6 Å². The van der Waals surface area contributed by atoms with E-state index in [4.69, 9.17) is 12.2 Å². The Morgan fingerprint density at radius 1 is 0.880 bits per heavy atom. The van der Waals surface area contributed by atoms with Crippen molar-refractivity contribution in [2.75, 3.05) is 19.6 Å². The number of rotatable bonds is 8. The normalized spacial score (nSPS) is 11.4. The lowest BCUT2D eigenvalue weighted by Gasteiger charge is -2.21. The van der Waals surface area contributed by atoms with E-state index in [1.165, 1.54) is 11.1 Å². The molecule has 0 amide bonds. The second-order valence-corrected chi connectivity index (χ2v) is 6.88. The van der Waals surface area contributed by atoms with Gasteiger partial charge in [-0.25, -0.2) is 0 Å². The van der Waals surface area contributed by atoms with Crippen molar-refractivity contribution in [2.24, 2.45) is 0 Å². The van der Waals surface area contributed by atoms with Crippen LogP contribution in [0.1, 0.15) is 24.5 Å². The van der Waals surface area contributed by atoms with Gasteiger partial charge in [-0.15, -0.1) is 0 Å². The number of imidazole rings is 1. The number of phenolic OH excluding ortho intramolecular Hbond substituents is 1. The monoisotopic (exact) mass is 355 g/mol. The topological polar surface area (TPSA) is 55.0 Å². The maximum absolute atomic E-state index is 9.38. The molecule has 0 bridgehead atoms. The lowest BCUT2D eigenvalue weighted by atomic mass is 10.1. The summed E-state index contributed by atoms with van der Waals surface area (Å²) in [6.45, 7) is 5.41. The summed E-state index contributed by atoms with van der Waals surface area (Å²) in [5, 5.41) is 9.38. The van der Waals surface area contributed by atoms with Crippen molar-refractivity contribution in [3.8, 4) is 5.75 Å². The van der Waals surface area contributed by atoms with Crippen molar-refractivity contribution in [3.05, 3.63) is 58.4 Å². The summed E-state index contributed by atoms with van der Waals surface area (Å²) < 4.78 is 0.675. The molecule has 3 rings (SSSR count). The fourth-order valence-electron chi connectivity index (χ4n) is 3.12. The van der Waals surface area contributed by atoms with E-state index in [1.54, 1.807) is 12.1 Å². The van der Waals surface area contributed by atoms with E-state index in [9.17, 15) is 5.11 Å². The lowest BCUT2D eigenvalue weighted by molar-refractivity contribution is 0.281. The maximum Gasteiger partial charge on any atom is 0.175 e. The molecule has 132 valence electrons. The van der Waals surface area contributed by atoms with Crippen LogP contribution in [0, 0.1) is 4.77 Å². The number of fused-ring (bicyclic) bond motifs is 1. The number of aromatic nitrogens is 2. The minimum atomic E-state index is 0.327. The van der Waals surface area contributed by atoms with Crippen molar-refractivity contribution >= 4 is 23.3 Å². The highest BCUT2D eigenvalue weighted by Gasteiger charge is 2.06. The van der Waals surface area contributed by atoms with Gasteiger partial charge < -0.3 is 20.0 Å². The van der Waals surface area contributed by atoms with Crippen molar-refractivity contribution in [2.45, 2.75) is 26.2 Å². The summed E-state index contributed by atoms with van der Waals surface area (Å²) in [6.07, 6.45) is 3.18. The van der Waals surface area contributed by atoms with Gasteiger partial charge in [-0.1, -0.05) is 25.1 Å². The smallest absolute Gasteiger partial charge is 0.175 e. The summed E-state index contributed by atoms with van der Waals surface area (Å²) in [4.78, 5) is 8.84. The average Bonchev–Trinajstić information content (AvgIpc) is 2.98. The van der Waals surface area contributed by atoms with Crippen LogP contribution in [0.2, 0.25) is 0 Å². The second kappa shape index (κ2) is 8.32. The number of nitrogens with zero attached hydrogens (tertiary/aromatic N) is 1. The molecule has 0 fully saturated rings. The quantitative estimate of drug-likeness (QED) is 0.524. The first-order chi connectivity index (χ1) is 12.1. The van der Waals surface area contributed by atoms with Gasteiger partial charge in [0.15, 0.2) is 4.77 Å². The molecule has 3 aromatic rings. The van der Waals surface area contributed by atoms with Gasteiger partial charge in [-0.3, -0.25) is 0 Å². The van der Waals surface area contributed by atoms with Crippen LogP contribution >= 0.6 is 12.2 Å². The third-order valence-electron chi connectivity index (χ3n) is 4.49. The van der Waals surface area contributed by atoms with E-state index >= 15 is 0 Å². The van der Waals surface area contributed by atoms with Crippen LogP contribution in [0.15, 0.2) is 42.5 Å². The average molecular weight is 356 g/mol. The maximum atomic E-state index is 9.38. The van der Waals surface area contributed by atoms with Crippen molar-refractivity contribution in [3.63, 3.8) is 0 Å². The number of hydrogen-bond acceptors (Lipinski definition) is 3. The Kier molecular flexibility index (Phi) is 5.89. The number of hydrogen-bond donors (Lipinski definition) is 3. The van der Waals surface area contributed by atoms with E-state index in [2.05, 4.69) is 40.0 Å². The van der Waals surface area contributed by atoms with Gasteiger partial charge in [0.1, 0.15) is 5.75 Å². The Hall–Kier alpha value is -2.11. The van der Waals surface area contributed by atoms with Gasteiger partial charge in [0.2, 0.25) is 0 Å². The third-order valence-corrected chi connectivity index (χ3v) is 4.69. The minimum absolute atomic E-state index is 0.327. The third kappa shape index (κ3) is 4.94. The van der Waals surface area contributed by atoms with Crippen LogP contribution in [0.3, 0.4) is 0 Å². The Morgan fingerprint density at radius 2 is 1.52 bits per heavy atom. The number of nitrogens with one attached hydrogen (secondary N) is 2. The van der Waals surface area contributed by atoms with Gasteiger partial charge in [-0.05, 0) is 73.4 Å². The minimum Gasteiger partial charge on any atom is -0.508 e. The van der Waals surface area contributed by atoms with E-state index in [0.717, 1.165) is 49.9 Å². The predicted octanol–water partition coefficient (Wildman–Crippen LogP) is 4.43. The van der Waals surface area contributed by atoms with Crippen molar-refractivity contribution in [1.82, 2.24) is 14.9 Å². The molecule has 0 saturated carbocycles. The summed E-state index contributed by atoms with van der Waals surface area (Å²) in [5.74, 6) is 0.327. The molecule has 0 aliphatic rings. The highest BCUT2D eigenvalue weighted by Crippen LogP contribution is 2.14. The SMILES string of the molecule is CCCN(CCc1ccc(O)cc1)CCc1ccc2[nH]c(=S)[nH]c2c1. The summed E-state index contributed by atoms with van der Waals surface area (Å²) >= 11 is 5.15. The molecule has 0 spiro atoms. The van der Waals surface area contributed by atoms with Gasteiger partial charge in [0.05, 0.1) is 11.0 Å². The molecule has 25 heavy (non-hydrogen) atoms. The van der Waals surface area contributed by atoms with Gasteiger partial charge in [0.25, 0.3) is 0 Å². The molecule has 0 radical (unpaired) electrons. The molecule has 1 aromatic heterocycles. The number of benzene rings is 2. The molecule has 0 aliphatic carbocycles. The molecular formula is C20H25N3OS. The van der Waals surface area contributed by atoms with Crippen LogP contribution < -0.4 is 0 Å². The van der Waals surface area contributed by atoms with E-state index in [0.29, 0.717) is 10.5 Å². The molecular weight excluding hydrogens is 330 g/mol.